The fourth-order valence-corrected chi connectivity index (χ4v) is 2.15. The molecule has 2 aromatic rings. The summed E-state index contributed by atoms with van der Waals surface area (Å²) in [5.41, 5.74) is 0.882. The SMILES string of the molecule is O=C(O)[C@@H](Cc1ccc(Br)cc1)Oc1ccccc1Cl. The first-order valence-electron chi connectivity index (χ1n) is 5.94. The molecule has 5 heteroatoms. The largest absolute Gasteiger partial charge is 0.478 e. The minimum Gasteiger partial charge on any atom is -0.478 e. The van der Waals surface area contributed by atoms with Gasteiger partial charge in [-0.3, -0.25) is 0 Å². The second kappa shape index (κ2) is 6.77. The molecule has 104 valence electrons. The number of halogens is 2. The summed E-state index contributed by atoms with van der Waals surface area (Å²) in [5, 5.41) is 9.66. The van der Waals surface area contributed by atoms with Crippen molar-refractivity contribution < 1.29 is 14.6 Å². The Labute approximate surface area is 130 Å². The molecule has 1 N–H and O–H groups in total. The van der Waals surface area contributed by atoms with Crippen LogP contribution in [0.3, 0.4) is 0 Å². The maximum Gasteiger partial charge on any atom is 0.345 e. The molecule has 0 unspecified atom stereocenters. The molecular weight excluding hydrogens is 344 g/mol. The van der Waals surface area contributed by atoms with Crippen LogP contribution in [0.1, 0.15) is 5.56 Å². The van der Waals surface area contributed by atoms with Crippen LogP contribution in [-0.2, 0) is 11.2 Å². The third kappa shape index (κ3) is 3.99. The van der Waals surface area contributed by atoms with E-state index in [0.717, 1.165) is 10.0 Å². The van der Waals surface area contributed by atoms with Crippen molar-refractivity contribution in [1.82, 2.24) is 0 Å². The van der Waals surface area contributed by atoms with E-state index in [1.165, 1.54) is 0 Å². The highest BCUT2D eigenvalue weighted by Gasteiger charge is 2.21. The number of aliphatic carboxylic acids is 1. The maximum atomic E-state index is 11.3. The second-order valence-corrected chi connectivity index (χ2v) is 5.53. The van der Waals surface area contributed by atoms with Gasteiger partial charge in [-0.05, 0) is 29.8 Å². The van der Waals surface area contributed by atoms with Gasteiger partial charge in [0.25, 0.3) is 0 Å². The molecule has 2 rings (SSSR count). The van der Waals surface area contributed by atoms with Crippen molar-refractivity contribution in [3.63, 3.8) is 0 Å². The van der Waals surface area contributed by atoms with E-state index in [1.54, 1.807) is 24.3 Å². The van der Waals surface area contributed by atoms with Crippen molar-refractivity contribution >= 4 is 33.5 Å². The lowest BCUT2D eigenvalue weighted by atomic mass is 10.1. The first-order chi connectivity index (χ1) is 9.56. The van der Waals surface area contributed by atoms with Crippen LogP contribution in [0.5, 0.6) is 5.75 Å². The molecule has 0 aliphatic carbocycles. The normalized spacial score (nSPS) is 11.9. The van der Waals surface area contributed by atoms with Gasteiger partial charge in [0.05, 0.1) is 5.02 Å². The van der Waals surface area contributed by atoms with E-state index in [2.05, 4.69) is 15.9 Å². The van der Waals surface area contributed by atoms with Crippen molar-refractivity contribution in [2.75, 3.05) is 0 Å². The van der Waals surface area contributed by atoms with Crippen molar-refractivity contribution in [2.45, 2.75) is 12.5 Å². The van der Waals surface area contributed by atoms with Gasteiger partial charge in [-0.25, -0.2) is 4.79 Å². The number of rotatable bonds is 5. The quantitative estimate of drug-likeness (QED) is 0.875. The Morgan fingerprint density at radius 1 is 1.20 bits per heavy atom. The molecule has 3 nitrogen and oxygen atoms in total. The number of carboxylic acid groups (broad SMARTS) is 1. The van der Waals surface area contributed by atoms with Crippen LogP contribution in [0, 0.1) is 0 Å². The highest BCUT2D eigenvalue weighted by Crippen LogP contribution is 2.25. The van der Waals surface area contributed by atoms with Crippen LogP contribution < -0.4 is 4.74 Å². The minimum atomic E-state index is -1.02. The van der Waals surface area contributed by atoms with E-state index >= 15 is 0 Å². The summed E-state index contributed by atoms with van der Waals surface area (Å²) < 4.78 is 6.44. The molecule has 1 atom stereocenters. The Morgan fingerprint density at radius 2 is 1.85 bits per heavy atom. The zero-order valence-electron chi connectivity index (χ0n) is 10.4. The Bertz CT molecular complexity index is 598. The van der Waals surface area contributed by atoms with Crippen LogP contribution in [-0.4, -0.2) is 17.2 Å². The standard InChI is InChI=1S/C15H12BrClO3/c16-11-7-5-10(6-8-11)9-14(15(18)19)20-13-4-2-1-3-12(13)17/h1-8,14H,9H2,(H,18,19)/t14-/m1/s1. The number of hydrogen-bond donors (Lipinski definition) is 1. The molecule has 0 saturated carbocycles. The first-order valence-corrected chi connectivity index (χ1v) is 7.12. The molecular formula is C15H12BrClO3. The average Bonchev–Trinajstić information content (AvgIpc) is 2.42. The van der Waals surface area contributed by atoms with E-state index in [-0.39, 0.29) is 6.42 Å². The van der Waals surface area contributed by atoms with Gasteiger partial charge in [-0.1, -0.05) is 51.8 Å². The summed E-state index contributed by atoms with van der Waals surface area (Å²) in [6.07, 6.45) is -0.704. The number of carbonyl (C=O) groups is 1. The zero-order chi connectivity index (χ0) is 14.5. The van der Waals surface area contributed by atoms with Gasteiger partial charge in [0, 0.05) is 10.9 Å². The lowest BCUT2D eigenvalue weighted by molar-refractivity contribution is -0.145. The average molecular weight is 356 g/mol. The minimum absolute atomic E-state index is 0.272. The van der Waals surface area contributed by atoms with Crippen molar-refractivity contribution in [3.05, 3.63) is 63.6 Å². The van der Waals surface area contributed by atoms with Crippen LogP contribution in [0.4, 0.5) is 0 Å². The van der Waals surface area contributed by atoms with Gasteiger partial charge in [-0.15, -0.1) is 0 Å². The third-order valence-electron chi connectivity index (χ3n) is 2.72. The Morgan fingerprint density at radius 3 is 2.45 bits per heavy atom. The highest BCUT2D eigenvalue weighted by molar-refractivity contribution is 9.10. The van der Waals surface area contributed by atoms with E-state index in [9.17, 15) is 9.90 Å². The predicted molar refractivity (Wildman–Crippen MR) is 81.3 cm³/mol. The van der Waals surface area contributed by atoms with E-state index < -0.39 is 12.1 Å². The lowest BCUT2D eigenvalue weighted by Crippen LogP contribution is -2.29. The maximum absolute atomic E-state index is 11.3. The first kappa shape index (κ1) is 14.9. The molecule has 0 radical (unpaired) electrons. The number of carboxylic acids is 1. The summed E-state index contributed by atoms with van der Waals surface area (Å²) in [7, 11) is 0. The summed E-state index contributed by atoms with van der Waals surface area (Å²) in [6, 6.07) is 14.3. The summed E-state index contributed by atoms with van der Waals surface area (Å²) in [6.45, 7) is 0. The van der Waals surface area contributed by atoms with Gasteiger partial charge in [0.2, 0.25) is 0 Å². The molecule has 0 aliphatic heterocycles. The Hall–Kier alpha value is -1.52. The summed E-state index contributed by atoms with van der Waals surface area (Å²) in [4.78, 5) is 11.3. The molecule has 0 amide bonds. The van der Waals surface area contributed by atoms with Gasteiger partial charge in [0.1, 0.15) is 5.75 Å². The summed E-state index contributed by atoms with van der Waals surface area (Å²) in [5.74, 6) is -0.647. The molecule has 0 spiro atoms. The fourth-order valence-electron chi connectivity index (χ4n) is 1.71. The van der Waals surface area contributed by atoms with E-state index in [0.29, 0.717) is 10.8 Å². The number of ether oxygens (including phenoxy) is 1. The monoisotopic (exact) mass is 354 g/mol. The van der Waals surface area contributed by atoms with Crippen LogP contribution in [0.2, 0.25) is 5.02 Å². The fraction of sp³-hybridized carbons (Fsp3) is 0.133. The van der Waals surface area contributed by atoms with Gasteiger partial charge >= 0.3 is 5.97 Å². The number of para-hydroxylation sites is 1. The van der Waals surface area contributed by atoms with E-state index in [4.69, 9.17) is 16.3 Å². The molecule has 0 fully saturated rings. The second-order valence-electron chi connectivity index (χ2n) is 4.21. The zero-order valence-corrected chi connectivity index (χ0v) is 12.8. The van der Waals surface area contributed by atoms with Crippen LogP contribution in [0.25, 0.3) is 0 Å². The molecule has 0 bridgehead atoms. The van der Waals surface area contributed by atoms with Crippen molar-refractivity contribution in [2.24, 2.45) is 0 Å². The topological polar surface area (TPSA) is 46.5 Å². The van der Waals surface area contributed by atoms with Gasteiger partial charge < -0.3 is 9.84 Å². The van der Waals surface area contributed by atoms with E-state index in [1.807, 2.05) is 24.3 Å². The number of benzene rings is 2. The molecule has 20 heavy (non-hydrogen) atoms. The third-order valence-corrected chi connectivity index (χ3v) is 3.56. The van der Waals surface area contributed by atoms with Crippen molar-refractivity contribution in [3.8, 4) is 5.75 Å². The highest BCUT2D eigenvalue weighted by atomic mass is 79.9. The molecule has 0 saturated heterocycles. The lowest BCUT2D eigenvalue weighted by Gasteiger charge is -2.16. The molecule has 0 aromatic heterocycles. The molecule has 2 aromatic carbocycles. The number of hydrogen-bond acceptors (Lipinski definition) is 2. The van der Waals surface area contributed by atoms with Crippen molar-refractivity contribution in [1.29, 1.82) is 0 Å². The predicted octanol–water partition coefficient (Wildman–Crippen LogP) is 4.18. The van der Waals surface area contributed by atoms with Crippen LogP contribution >= 0.6 is 27.5 Å². The van der Waals surface area contributed by atoms with Gasteiger partial charge in [0.15, 0.2) is 6.10 Å². The Balaban J connectivity index is 2.14. The smallest absolute Gasteiger partial charge is 0.345 e. The molecule has 0 heterocycles. The molecule has 0 aliphatic rings. The van der Waals surface area contributed by atoms with Gasteiger partial charge in [-0.2, -0.15) is 0 Å². The Kier molecular flexibility index (Phi) is 5.04. The van der Waals surface area contributed by atoms with Crippen LogP contribution in [0.15, 0.2) is 53.0 Å². The summed E-state index contributed by atoms with van der Waals surface area (Å²) >= 11 is 9.31.